The van der Waals surface area contributed by atoms with Gasteiger partial charge >= 0.3 is 0 Å². The molecule has 0 bridgehead atoms. The summed E-state index contributed by atoms with van der Waals surface area (Å²) in [6, 6.07) is 7.10. The zero-order chi connectivity index (χ0) is 12.8. The van der Waals surface area contributed by atoms with E-state index < -0.39 is 0 Å². The van der Waals surface area contributed by atoms with Gasteiger partial charge in [-0.15, -0.1) is 0 Å². The predicted octanol–water partition coefficient (Wildman–Crippen LogP) is 3.09. The summed E-state index contributed by atoms with van der Waals surface area (Å²) in [4.78, 5) is 0. The van der Waals surface area contributed by atoms with Crippen LogP contribution in [-0.4, -0.2) is 26.3 Å². The SMILES string of the molecule is CNCC(CCC1CCCO1)c1ccccc1F. The van der Waals surface area contributed by atoms with Gasteiger partial charge in [0.25, 0.3) is 0 Å². The number of nitrogens with one attached hydrogen (secondary N) is 1. The van der Waals surface area contributed by atoms with Crippen LogP contribution in [0.3, 0.4) is 0 Å². The van der Waals surface area contributed by atoms with Gasteiger partial charge in [-0.25, -0.2) is 4.39 Å². The number of halogens is 1. The van der Waals surface area contributed by atoms with Crippen molar-refractivity contribution in [2.75, 3.05) is 20.2 Å². The molecule has 0 saturated carbocycles. The van der Waals surface area contributed by atoms with Gasteiger partial charge in [0.2, 0.25) is 0 Å². The van der Waals surface area contributed by atoms with Gasteiger partial charge in [-0.1, -0.05) is 18.2 Å². The maximum atomic E-state index is 13.8. The van der Waals surface area contributed by atoms with Crippen molar-refractivity contribution in [2.45, 2.75) is 37.7 Å². The minimum Gasteiger partial charge on any atom is -0.378 e. The molecule has 2 atom stereocenters. The normalized spacial score (nSPS) is 21.1. The fraction of sp³-hybridized carbons (Fsp3) is 0.600. The Morgan fingerprint density at radius 1 is 1.44 bits per heavy atom. The first-order valence-corrected chi connectivity index (χ1v) is 6.82. The highest BCUT2D eigenvalue weighted by Gasteiger charge is 2.20. The average Bonchev–Trinajstić information content (AvgIpc) is 2.88. The third-order valence-corrected chi connectivity index (χ3v) is 3.66. The molecule has 1 aromatic rings. The monoisotopic (exact) mass is 251 g/mol. The topological polar surface area (TPSA) is 21.3 Å². The Balaban J connectivity index is 1.96. The molecule has 2 rings (SSSR count). The summed E-state index contributed by atoms with van der Waals surface area (Å²) in [6.07, 6.45) is 4.72. The third kappa shape index (κ3) is 3.53. The summed E-state index contributed by atoms with van der Waals surface area (Å²) in [5.74, 6) is 0.144. The van der Waals surface area contributed by atoms with Gasteiger partial charge in [-0.05, 0) is 50.3 Å². The Bertz CT molecular complexity index is 363. The molecule has 2 nitrogen and oxygen atoms in total. The Morgan fingerprint density at radius 3 is 2.94 bits per heavy atom. The van der Waals surface area contributed by atoms with Crippen LogP contribution in [0, 0.1) is 5.82 Å². The molecule has 3 heteroatoms. The maximum absolute atomic E-state index is 13.8. The summed E-state index contributed by atoms with van der Waals surface area (Å²) >= 11 is 0. The van der Waals surface area contributed by atoms with Crippen LogP contribution in [0.2, 0.25) is 0 Å². The van der Waals surface area contributed by atoms with Crippen LogP contribution in [0.25, 0.3) is 0 Å². The number of likely N-dealkylation sites (N-methyl/N-ethyl adjacent to an activating group) is 1. The highest BCUT2D eigenvalue weighted by molar-refractivity contribution is 5.22. The lowest BCUT2D eigenvalue weighted by atomic mass is 9.92. The quantitative estimate of drug-likeness (QED) is 0.839. The van der Waals surface area contributed by atoms with Crippen LogP contribution in [0.4, 0.5) is 4.39 Å². The number of rotatable bonds is 6. The standard InChI is InChI=1S/C15H22FNO/c1-17-11-12(8-9-13-5-4-10-18-13)14-6-2-3-7-15(14)16/h2-3,6-7,12-13,17H,4-5,8-11H2,1H3. The van der Waals surface area contributed by atoms with Crippen LogP contribution in [0.1, 0.15) is 37.2 Å². The van der Waals surface area contributed by atoms with Crippen LogP contribution < -0.4 is 5.32 Å². The first-order chi connectivity index (χ1) is 8.81. The predicted molar refractivity (Wildman–Crippen MR) is 71.3 cm³/mol. The van der Waals surface area contributed by atoms with E-state index in [1.54, 1.807) is 12.1 Å². The minimum absolute atomic E-state index is 0.0925. The molecule has 0 spiro atoms. The smallest absolute Gasteiger partial charge is 0.126 e. The lowest BCUT2D eigenvalue weighted by Gasteiger charge is -2.19. The molecular weight excluding hydrogens is 229 g/mol. The van der Waals surface area contributed by atoms with Gasteiger partial charge in [0.1, 0.15) is 5.82 Å². The van der Waals surface area contributed by atoms with Crippen molar-refractivity contribution >= 4 is 0 Å². The Morgan fingerprint density at radius 2 is 2.28 bits per heavy atom. The molecule has 0 aliphatic carbocycles. The van der Waals surface area contributed by atoms with Crippen LogP contribution in [0.5, 0.6) is 0 Å². The van der Waals surface area contributed by atoms with Gasteiger partial charge in [0, 0.05) is 13.2 Å². The van der Waals surface area contributed by atoms with Crippen molar-refractivity contribution in [1.82, 2.24) is 5.32 Å². The van der Waals surface area contributed by atoms with Crippen molar-refractivity contribution < 1.29 is 9.13 Å². The zero-order valence-corrected chi connectivity index (χ0v) is 11.0. The first-order valence-electron chi connectivity index (χ1n) is 6.82. The number of hydrogen-bond acceptors (Lipinski definition) is 2. The van der Waals surface area contributed by atoms with Gasteiger partial charge in [-0.2, -0.15) is 0 Å². The molecule has 1 aromatic carbocycles. The van der Waals surface area contributed by atoms with Gasteiger partial charge in [0.15, 0.2) is 0 Å². The van der Waals surface area contributed by atoms with E-state index in [1.165, 1.54) is 6.42 Å². The molecule has 2 unspecified atom stereocenters. The lowest BCUT2D eigenvalue weighted by molar-refractivity contribution is 0.100. The number of hydrogen-bond donors (Lipinski definition) is 1. The van der Waals surface area contributed by atoms with E-state index in [4.69, 9.17) is 4.74 Å². The fourth-order valence-corrected chi connectivity index (χ4v) is 2.68. The highest BCUT2D eigenvalue weighted by Crippen LogP contribution is 2.26. The second kappa shape index (κ2) is 6.86. The second-order valence-electron chi connectivity index (χ2n) is 4.99. The molecule has 0 radical (unpaired) electrons. The van der Waals surface area contributed by atoms with Crippen LogP contribution >= 0.6 is 0 Å². The summed E-state index contributed by atoms with van der Waals surface area (Å²) in [5, 5.41) is 3.16. The number of benzene rings is 1. The van der Waals surface area contributed by atoms with E-state index in [-0.39, 0.29) is 11.7 Å². The minimum atomic E-state index is -0.0925. The van der Waals surface area contributed by atoms with E-state index in [0.717, 1.165) is 38.0 Å². The van der Waals surface area contributed by atoms with Gasteiger partial charge in [-0.3, -0.25) is 0 Å². The summed E-state index contributed by atoms with van der Waals surface area (Å²) < 4.78 is 19.4. The molecule has 18 heavy (non-hydrogen) atoms. The summed E-state index contributed by atoms with van der Waals surface area (Å²) in [7, 11) is 1.92. The Hall–Kier alpha value is -0.930. The lowest BCUT2D eigenvalue weighted by Crippen LogP contribution is -2.20. The van der Waals surface area contributed by atoms with E-state index in [0.29, 0.717) is 6.10 Å². The van der Waals surface area contributed by atoms with E-state index in [9.17, 15) is 4.39 Å². The number of ether oxygens (including phenoxy) is 1. The second-order valence-corrected chi connectivity index (χ2v) is 4.99. The molecule has 1 fully saturated rings. The molecule has 1 saturated heterocycles. The van der Waals surface area contributed by atoms with Crippen molar-refractivity contribution in [1.29, 1.82) is 0 Å². The van der Waals surface area contributed by atoms with Crippen molar-refractivity contribution in [3.05, 3.63) is 35.6 Å². The Kier molecular flexibility index (Phi) is 5.14. The molecule has 1 aliphatic heterocycles. The molecular formula is C15H22FNO. The summed E-state index contributed by atoms with van der Waals surface area (Å²) in [5.41, 5.74) is 0.824. The highest BCUT2D eigenvalue weighted by atomic mass is 19.1. The maximum Gasteiger partial charge on any atom is 0.126 e. The molecule has 1 N–H and O–H groups in total. The molecule has 0 aromatic heterocycles. The first kappa shape index (κ1) is 13.5. The zero-order valence-electron chi connectivity index (χ0n) is 11.0. The third-order valence-electron chi connectivity index (χ3n) is 3.66. The van der Waals surface area contributed by atoms with Crippen molar-refractivity contribution in [3.63, 3.8) is 0 Å². The average molecular weight is 251 g/mol. The summed E-state index contributed by atoms with van der Waals surface area (Å²) in [6.45, 7) is 1.70. The van der Waals surface area contributed by atoms with E-state index >= 15 is 0 Å². The molecule has 0 amide bonds. The van der Waals surface area contributed by atoms with Crippen LogP contribution in [0.15, 0.2) is 24.3 Å². The molecule has 100 valence electrons. The Labute approximate surface area is 109 Å². The fourth-order valence-electron chi connectivity index (χ4n) is 2.68. The van der Waals surface area contributed by atoms with Crippen molar-refractivity contribution in [3.8, 4) is 0 Å². The van der Waals surface area contributed by atoms with E-state index in [2.05, 4.69) is 5.32 Å². The van der Waals surface area contributed by atoms with Gasteiger partial charge < -0.3 is 10.1 Å². The molecule has 1 aliphatic rings. The molecule has 1 heterocycles. The van der Waals surface area contributed by atoms with E-state index in [1.807, 2.05) is 19.2 Å². The van der Waals surface area contributed by atoms with Crippen LogP contribution in [-0.2, 0) is 4.74 Å². The van der Waals surface area contributed by atoms with Crippen molar-refractivity contribution in [2.24, 2.45) is 0 Å². The van der Waals surface area contributed by atoms with Gasteiger partial charge in [0.05, 0.1) is 6.10 Å². The largest absolute Gasteiger partial charge is 0.378 e.